The van der Waals surface area contributed by atoms with Gasteiger partial charge < -0.3 is 14.6 Å². The fourth-order valence-corrected chi connectivity index (χ4v) is 4.33. The Morgan fingerprint density at radius 1 is 1.26 bits per heavy atom. The third kappa shape index (κ3) is 5.75. The number of amides is 2. The highest BCUT2D eigenvalue weighted by Gasteiger charge is 2.21. The summed E-state index contributed by atoms with van der Waals surface area (Å²) in [4.78, 5) is 23.9. The summed E-state index contributed by atoms with van der Waals surface area (Å²) in [6, 6.07) is 0.0352. The molecule has 1 aliphatic rings. The summed E-state index contributed by atoms with van der Waals surface area (Å²) in [7, 11) is 0.615. The van der Waals surface area contributed by atoms with Gasteiger partial charge in [0.2, 0.25) is 5.89 Å². The Hall–Kier alpha value is -1.97. The van der Waals surface area contributed by atoms with Gasteiger partial charge in [-0.25, -0.2) is 14.8 Å². The Morgan fingerprint density at radius 2 is 2.00 bits per heavy atom. The van der Waals surface area contributed by atoms with Gasteiger partial charge in [0.25, 0.3) is 0 Å². The summed E-state index contributed by atoms with van der Waals surface area (Å²) in [5.41, 5.74) is 0. The highest BCUT2D eigenvalue weighted by molar-refractivity contribution is 7.16. The van der Waals surface area contributed by atoms with Gasteiger partial charge in [-0.3, -0.25) is 5.32 Å². The van der Waals surface area contributed by atoms with E-state index in [1.54, 1.807) is 6.20 Å². The number of nitrogens with zero attached hydrogens (tertiary/aromatic N) is 3. The predicted octanol–water partition coefficient (Wildman–Crippen LogP) is 3.06. The van der Waals surface area contributed by atoms with Gasteiger partial charge in [0.1, 0.15) is 13.5 Å². The molecule has 3 rings (SSSR count). The number of anilines is 1. The van der Waals surface area contributed by atoms with E-state index < -0.39 is 8.07 Å². The van der Waals surface area contributed by atoms with Crippen molar-refractivity contribution in [2.75, 3.05) is 25.5 Å². The lowest BCUT2D eigenvalue weighted by Crippen LogP contribution is -2.44. The summed E-state index contributed by atoms with van der Waals surface area (Å²) < 4.78 is 5.80. The number of nitrogens with one attached hydrogen (secondary N) is 2. The van der Waals surface area contributed by atoms with Crippen LogP contribution in [0.5, 0.6) is 0 Å². The number of urea groups is 1. The molecule has 1 saturated heterocycles. The van der Waals surface area contributed by atoms with Crippen molar-refractivity contribution < 1.29 is 9.21 Å². The number of carbonyl (C=O) groups is 1. The van der Waals surface area contributed by atoms with Gasteiger partial charge in [-0.05, 0) is 39.1 Å². The molecule has 0 aliphatic carbocycles. The van der Waals surface area contributed by atoms with Crippen molar-refractivity contribution in [3.63, 3.8) is 0 Å². The summed E-state index contributed by atoms with van der Waals surface area (Å²) >= 11 is 1.42. The van der Waals surface area contributed by atoms with E-state index in [0.717, 1.165) is 36.2 Å². The van der Waals surface area contributed by atoms with Gasteiger partial charge in [0, 0.05) is 23.2 Å². The van der Waals surface area contributed by atoms with E-state index in [1.165, 1.54) is 11.3 Å². The van der Waals surface area contributed by atoms with Crippen LogP contribution in [0.15, 0.2) is 16.8 Å². The molecule has 0 radical (unpaired) electrons. The molecule has 2 N–H and O–H groups in total. The number of piperidine rings is 1. The lowest BCUT2D eigenvalue weighted by Gasteiger charge is -2.29. The molecule has 1 aliphatic heterocycles. The highest BCUT2D eigenvalue weighted by atomic mass is 32.1. The number of carbonyl (C=O) groups excluding carboxylic acids is 1. The lowest BCUT2D eigenvalue weighted by molar-refractivity contribution is 0.221. The summed E-state index contributed by atoms with van der Waals surface area (Å²) in [5, 5.41) is 7.41. The molecule has 2 aromatic heterocycles. The quantitative estimate of drug-likeness (QED) is 0.747. The third-order valence-electron chi connectivity index (χ3n) is 4.45. The van der Waals surface area contributed by atoms with Gasteiger partial charge in [-0.2, -0.15) is 0 Å². The molecule has 0 spiro atoms. The van der Waals surface area contributed by atoms with Crippen LogP contribution in [0.25, 0.3) is 12.2 Å². The van der Waals surface area contributed by atoms with Crippen molar-refractivity contribution in [1.29, 1.82) is 0 Å². The zero-order valence-corrected chi connectivity index (χ0v) is 18.1. The standard InChI is InChI=1S/C18H27N5O2SSi/c1-23-9-7-13(8-10-23)21-17(24)22-18-20-11-14(26-18)5-6-15-19-12-16(25-15)27(2,3)4/h5-6,11-13H,7-10H2,1-4H3,(H2,20,21,22,24). The molecule has 9 heteroatoms. The Labute approximate surface area is 164 Å². The first-order chi connectivity index (χ1) is 12.8. The molecule has 2 aromatic rings. The van der Waals surface area contributed by atoms with Gasteiger partial charge >= 0.3 is 6.03 Å². The number of likely N-dealkylation sites (tertiary alicyclic amines) is 1. The molecule has 27 heavy (non-hydrogen) atoms. The summed E-state index contributed by atoms with van der Waals surface area (Å²) in [6.07, 6.45) is 9.24. The van der Waals surface area contributed by atoms with Crippen molar-refractivity contribution in [1.82, 2.24) is 20.2 Å². The number of thiazole rings is 1. The first-order valence-electron chi connectivity index (χ1n) is 9.16. The first-order valence-corrected chi connectivity index (χ1v) is 13.5. The first kappa shape index (κ1) is 19.8. The fraction of sp³-hybridized carbons (Fsp3) is 0.500. The second-order valence-corrected chi connectivity index (χ2v) is 13.9. The largest absolute Gasteiger partial charge is 0.447 e. The van der Waals surface area contributed by atoms with Crippen LogP contribution in [0.1, 0.15) is 23.6 Å². The van der Waals surface area contributed by atoms with Gasteiger partial charge in [-0.1, -0.05) is 31.0 Å². The monoisotopic (exact) mass is 405 g/mol. The van der Waals surface area contributed by atoms with E-state index in [-0.39, 0.29) is 12.1 Å². The Balaban J connectivity index is 1.52. The lowest BCUT2D eigenvalue weighted by atomic mass is 10.1. The van der Waals surface area contributed by atoms with Crippen molar-refractivity contribution in [3.8, 4) is 0 Å². The molecule has 1 fully saturated rings. The summed E-state index contributed by atoms with van der Waals surface area (Å²) in [6.45, 7) is 8.69. The fourth-order valence-electron chi connectivity index (χ4n) is 2.76. The highest BCUT2D eigenvalue weighted by Crippen LogP contribution is 2.20. The summed E-state index contributed by atoms with van der Waals surface area (Å²) in [5.74, 6) is 0.593. The molecule has 2 amide bonds. The molecule has 146 valence electrons. The van der Waals surface area contributed by atoms with E-state index >= 15 is 0 Å². The van der Waals surface area contributed by atoms with Crippen LogP contribution in [0, 0.1) is 0 Å². The van der Waals surface area contributed by atoms with Crippen molar-refractivity contribution in [3.05, 3.63) is 23.2 Å². The molecular formula is C18H27N5O2SSi. The second kappa shape index (κ2) is 8.36. The molecule has 7 nitrogen and oxygen atoms in total. The topological polar surface area (TPSA) is 83.3 Å². The van der Waals surface area contributed by atoms with E-state index in [1.807, 2.05) is 18.3 Å². The Morgan fingerprint density at radius 3 is 2.67 bits per heavy atom. The van der Waals surface area contributed by atoms with Crippen molar-refractivity contribution in [2.45, 2.75) is 38.5 Å². The van der Waals surface area contributed by atoms with Gasteiger partial charge in [0.15, 0.2) is 5.13 Å². The van der Waals surface area contributed by atoms with Crippen LogP contribution in [0.4, 0.5) is 9.93 Å². The van der Waals surface area contributed by atoms with Crippen LogP contribution in [0.3, 0.4) is 0 Å². The van der Waals surface area contributed by atoms with E-state index in [2.05, 4.69) is 52.2 Å². The zero-order valence-electron chi connectivity index (χ0n) is 16.3. The molecule has 0 bridgehead atoms. The molecular weight excluding hydrogens is 378 g/mol. The van der Waals surface area contributed by atoms with E-state index in [9.17, 15) is 4.79 Å². The average Bonchev–Trinajstić information content (AvgIpc) is 3.24. The average molecular weight is 406 g/mol. The zero-order chi connectivity index (χ0) is 19.4. The molecule has 0 unspecified atom stereocenters. The van der Waals surface area contributed by atoms with Crippen molar-refractivity contribution in [2.24, 2.45) is 0 Å². The normalized spacial score (nSPS) is 16.7. The van der Waals surface area contributed by atoms with Gasteiger partial charge in [-0.15, -0.1) is 0 Å². The molecule has 3 heterocycles. The minimum atomic E-state index is -1.49. The minimum Gasteiger partial charge on any atom is -0.447 e. The number of oxazole rings is 1. The molecule has 0 atom stereocenters. The maximum Gasteiger partial charge on any atom is 0.321 e. The van der Waals surface area contributed by atoms with E-state index in [0.29, 0.717) is 11.0 Å². The number of aromatic nitrogens is 2. The van der Waals surface area contributed by atoms with Gasteiger partial charge in [0.05, 0.1) is 6.20 Å². The predicted molar refractivity (Wildman–Crippen MR) is 113 cm³/mol. The third-order valence-corrected chi connectivity index (χ3v) is 7.04. The van der Waals surface area contributed by atoms with Crippen LogP contribution >= 0.6 is 11.3 Å². The Kier molecular flexibility index (Phi) is 6.13. The number of rotatable bonds is 5. The maximum atomic E-state index is 12.1. The van der Waals surface area contributed by atoms with E-state index in [4.69, 9.17) is 4.42 Å². The van der Waals surface area contributed by atoms with Crippen LogP contribution in [-0.2, 0) is 0 Å². The SMILES string of the molecule is CN1CCC(NC(=O)Nc2ncc(C=Cc3ncc([Si](C)(C)C)o3)s2)CC1. The van der Waals surface area contributed by atoms with Crippen LogP contribution in [0.2, 0.25) is 19.6 Å². The van der Waals surface area contributed by atoms with Crippen molar-refractivity contribution >= 4 is 48.1 Å². The minimum absolute atomic E-state index is 0.193. The van der Waals surface area contributed by atoms with Crippen LogP contribution in [-0.4, -0.2) is 55.2 Å². The molecule has 0 aromatic carbocycles. The second-order valence-electron chi connectivity index (χ2n) is 7.89. The number of hydrogen-bond donors (Lipinski definition) is 2. The van der Waals surface area contributed by atoms with Crippen LogP contribution < -0.4 is 16.0 Å². The number of hydrogen-bond acceptors (Lipinski definition) is 6. The molecule has 0 saturated carbocycles. The maximum absolute atomic E-state index is 12.1. The Bertz CT molecular complexity index is 803. The smallest absolute Gasteiger partial charge is 0.321 e.